The third-order valence-electron chi connectivity index (χ3n) is 3.39. The summed E-state index contributed by atoms with van der Waals surface area (Å²) in [4.78, 5) is 0. The minimum atomic E-state index is 0.489. The van der Waals surface area contributed by atoms with Crippen LogP contribution in [0.5, 0.6) is 0 Å². The van der Waals surface area contributed by atoms with Crippen molar-refractivity contribution in [3.05, 3.63) is 15.5 Å². The number of aromatic nitrogens is 2. The number of halogens is 1. The lowest BCUT2D eigenvalue weighted by atomic mass is 10.1. The maximum absolute atomic E-state index is 5.43. The molecule has 5 heteroatoms. The van der Waals surface area contributed by atoms with E-state index < -0.39 is 0 Å². The summed E-state index contributed by atoms with van der Waals surface area (Å²) in [5, 5.41) is 3.51. The number of hydrogen-bond donors (Lipinski definition) is 1. The first-order valence-electron chi connectivity index (χ1n) is 5.80. The van der Waals surface area contributed by atoms with Gasteiger partial charge in [0.2, 0.25) is 6.04 Å². The van der Waals surface area contributed by atoms with E-state index in [1.54, 1.807) is 0 Å². The summed E-state index contributed by atoms with van der Waals surface area (Å²) < 4.78 is 14.4. The van der Waals surface area contributed by atoms with Gasteiger partial charge in [-0.05, 0) is 6.42 Å². The first-order chi connectivity index (χ1) is 7.84. The molecule has 0 amide bonds. The number of nitrogens with one attached hydrogen (secondary N) is 1. The van der Waals surface area contributed by atoms with Crippen LogP contribution in [-0.2, 0) is 9.47 Å². The third kappa shape index (κ3) is 2.00. The molecule has 1 N–H and O–H groups in total. The van der Waals surface area contributed by atoms with Crippen LogP contribution in [0.4, 0.5) is 0 Å². The number of ether oxygens (including phenoxy) is 2. The molecule has 2 aliphatic heterocycles. The smallest absolute Gasteiger partial charge is 0.267 e. The zero-order chi connectivity index (χ0) is 11.0. The highest BCUT2D eigenvalue weighted by Gasteiger charge is 2.31. The number of H-pyrrole nitrogens is 1. The molecule has 3 rings (SSSR count). The van der Waals surface area contributed by atoms with Crippen molar-refractivity contribution in [3.8, 4) is 0 Å². The normalized spacial score (nSPS) is 30.1. The van der Waals surface area contributed by atoms with Crippen molar-refractivity contribution in [1.82, 2.24) is 5.10 Å². The van der Waals surface area contributed by atoms with Crippen LogP contribution in [0.1, 0.15) is 30.5 Å². The molecule has 0 spiro atoms. The zero-order valence-corrected chi connectivity index (χ0v) is 11.3. The summed E-state index contributed by atoms with van der Waals surface area (Å²) in [6.07, 6.45) is 2.25. The molecule has 3 heterocycles. The maximum atomic E-state index is 5.43. The van der Waals surface area contributed by atoms with Gasteiger partial charge in [-0.2, -0.15) is 5.10 Å². The predicted octanol–water partition coefficient (Wildman–Crippen LogP) is 1.37. The average molecular weight is 335 g/mol. The van der Waals surface area contributed by atoms with Crippen LogP contribution in [0, 0.1) is 3.70 Å². The van der Waals surface area contributed by atoms with Crippen LogP contribution in [0.25, 0.3) is 0 Å². The van der Waals surface area contributed by atoms with E-state index in [0.717, 1.165) is 39.3 Å². The predicted molar refractivity (Wildman–Crippen MR) is 66.4 cm³/mol. The van der Waals surface area contributed by atoms with Crippen molar-refractivity contribution in [2.24, 2.45) is 0 Å². The summed E-state index contributed by atoms with van der Waals surface area (Å²) in [5.74, 6) is 0.553. The van der Waals surface area contributed by atoms with Gasteiger partial charge in [0.15, 0.2) is 0 Å². The molecule has 2 fully saturated rings. The van der Waals surface area contributed by atoms with E-state index in [1.807, 2.05) is 0 Å². The summed E-state index contributed by atoms with van der Waals surface area (Å²) in [6.45, 7) is 3.47. The second-order valence-electron chi connectivity index (χ2n) is 4.48. The molecule has 0 saturated carbocycles. The fourth-order valence-electron chi connectivity index (χ4n) is 2.40. The molecule has 16 heavy (non-hydrogen) atoms. The van der Waals surface area contributed by atoms with E-state index in [0.29, 0.717) is 12.0 Å². The molecule has 88 valence electrons. The zero-order valence-electron chi connectivity index (χ0n) is 9.12. The first-order valence-corrected chi connectivity index (χ1v) is 6.88. The van der Waals surface area contributed by atoms with Crippen LogP contribution in [0.2, 0.25) is 0 Å². The number of aromatic amines is 1. The standard InChI is InChI=1S/C11H15IN2O2/c12-11-5-10(8-1-3-15-6-8)13-14(11)9-2-4-16-7-9/h5,8-9H,1-4,6-7H2/p+1. The second-order valence-corrected chi connectivity index (χ2v) is 5.59. The van der Waals surface area contributed by atoms with Crippen molar-refractivity contribution >= 4 is 22.6 Å². The van der Waals surface area contributed by atoms with Gasteiger partial charge >= 0.3 is 0 Å². The van der Waals surface area contributed by atoms with E-state index in [4.69, 9.17) is 9.47 Å². The molecule has 0 aliphatic carbocycles. The molecule has 0 bridgehead atoms. The third-order valence-corrected chi connectivity index (χ3v) is 4.23. The van der Waals surface area contributed by atoms with E-state index in [9.17, 15) is 0 Å². The van der Waals surface area contributed by atoms with Crippen molar-refractivity contribution in [2.75, 3.05) is 26.4 Å². The second kappa shape index (κ2) is 4.62. The Morgan fingerprint density at radius 3 is 2.75 bits per heavy atom. The lowest BCUT2D eigenvalue weighted by Crippen LogP contribution is -2.44. The minimum absolute atomic E-state index is 0.489. The highest BCUT2D eigenvalue weighted by atomic mass is 127. The molecule has 0 aromatic carbocycles. The summed E-state index contributed by atoms with van der Waals surface area (Å²) in [7, 11) is 0. The lowest BCUT2D eigenvalue weighted by Gasteiger charge is -2.02. The quantitative estimate of drug-likeness (QED) is 0.655. The van der Waals surface area contributed by atoms with Crippen molar-refractivity contribution in [2.45, 2.75) is 24.8 Å². The Morgan fingerprint density at radius 2 is 2.06 bits per heavy atom. The largest absolute Gasteiger partial charge is 0.381 e. The van der Waals surface area contributed by atoms with Gasteiger partial charge in [0.05, 0.1) is 18.9 Å². The molecule has 2 unspecified atom stereocenters. The summed E-state index contributed by atoms with van der Waals surface area (Å²) >= 11 is 2.39. The molecule has 2 saturated heterocycles. The Balaban J connectivity index is 1.83. The Kier molecular flexibility index (Phi) is 3.17. The Labute approximate surface area is 108 Å². The summed E-state index contributed by atoms with van der Waals surface area (Å²) in [5.41, 5.74) is 1.31. The van der Waals surface area contributed by atoms with Gasteiger partial charge in [-0.1, -0.05) is 4.68 Å². The van der Waals surface area contributed by atoms with Gasteiger partial charge in [-0.3, -0.25) is 0 Å². The number of hydrogen-bond acceptors (Lipinski definition) is 2. The monoisotopic (exact) mass is 335 g/mol. The van der Waals surface area contributed by atoms with E-state index in [-0.39, 0.29) is 0 Å². The summed E-state index contributed by atoms with van der Waals surface area (Å²) in [6, 6.07) is 2.74. The average Bonchev–Trinajstić information content (AvgIpc) is 2.97. The first kappa shape index (κ1) is 11.0. The van der Waals surface area contributed by atoms with E-state index in [2.05, 4.69) is 38.4 Å². The Hall–Kier alpha value is -0.140. The van der Waals surface area contributed by atoms with Gasteiger partial charge in [-0.15, -0.1) is 0 Å². The van der Waals surface area contributed by atoms with Crippen LogP contribution in [0.3, 0.4) is 0 Å². The van der Waals surface area contributed by atoms with Gasteiger partial charge < -0.3 is 9.47 Å². The Bertz CT molecular complexity index is 368. The molecular formula is C11H16IN2O2+. The maximum Gasteiger partial charge on any atom is 0.267 e. The molecule has 1 aromatic rings. The molecular weight excluding hydrogens is 319 g/mol. The fraction of sp³-hybridized carbons (Fsp3) is 0.727. The van der Waals surface area contributed by atoms with Gasteiger partial charge in [-0.25, -0.2) is 0 Å². The molecule has 2 atom stereocenters. The van der Waals surface area contributed by atoms with Crippen molar-refractivity contribution < 1.29 is 14.2 Å². The van der Waals surface area contributed by atoms with E-state index in [1.165, 1.54) is 9.39 Å². The van der Waals surface area contributed by atoms with Crippen LogP contribution >= 0.6 is 22.6 Å². The molecule has 0 radical (unpaired) electrons. The lowest BCUT2D eigenvalue weighted by molar-refractivity contribution is -0.782. The van der Waals surface area contributed by atoms with Gasteiger partial charge in [0.25, 0.3) is 3.70 Å². The van der Waals surface area contributed by atoms with Gasteiger partial charge in [0, 0.05) is 47.6 Å². The molecule has 1 aromatic heterocycles. The van der Waals surface area contributed by atoms with Gasteiger partial charge in [0.1, 0.15) is 6.61 Å². The van der Waals surface area contributed by atoms with Crippen LogP contribution < -0.4 is 4.68 Å². The van der Waals surface area contributed by atoms with Crippen molar-refractivity contribution in [3.63, 3.8) is 0 Å². The highest BCUT2D eigenvalue weighted by Crippen LogP contribution is 2.24. The topological polar surface area (TPSA) is 38.1 Å². The molecule has 4 nitrogen and oxygen atoms in total. The fourth-order valence-corrected chi connectivity index (χ4v) is 3.25. The SMILES string of the molecule is Ic1cc(C2CCOC2)[nH][n+]1C1CCOC1. The van der Waals surface area contributed by atoms with Crippen molar-refractivity contribution in [1.29, 1.82) is 0 Å². The highest BCUT2D eigenvalue weighted by molar-refractivity contribution is 14.1. The molecule has 2 aliphatic rings. The minimum Gasteiger partial charge on any atom is -0.381 e. The number of nitrogens with zero attached hydrogens (tertiary/aromatic N) is 1. The van der Waals surface area contributed by atoms with Crippen LogP contribution in [0.15, 0.2) is 6.07 Å². The van der Waals surface area contributed by atoms with Crippen LogP contribution in [-0.4, -0.2) is 31.5 Å². The Morgan fingerprint density at radius 1 is 1.25 bits per heavy atom. The number of rotatable bonds is 2. The van der Waals surface area contributed by atoms with E-state index >= 15 is 0 Å².